The highest BCUT2D eigenvalue weighted by molar-refractivity contribution is 5.74. The molecule has 0 atom stereocenters. The van der Waals surface area contributed by atoms with Crippen LogP contribution in [0.1, 0.15) is 31.4 Å². The van der Waals surface area contributed by atoms with E-state index in [-0.39, 0.29) is 6.03 Å². The van der Waals surface area contributed by atoms with E-state index in [1.807, 2.05) is 17.0 Å². The monoisotopic (exact) mass is 277 g/mol. The van der Waals surface area contributed by atoms with Gasteiger partial charge >= 0.3 is 6.03 Å². The fourth-order valence-electron chi connectivity index (χ4n) is 3.07. The van der Waals surface area contributed by atoms with Crippen molar-refractivity contribution in [2.24, 2.45) is 0 Å². The highest BCUT2D eigenvalue weighted by Gasteiger charge is 2.24. The van der Waals surface area contributed by atoms with Gasteiger partial charge in [0.15, 0.2) is 0 Å². The standard InChI is InChI=1S/C15H23N3O2/c19-15(16-13-4-1-2-5-13)18-9-7-17(8-10-18)12-14-6-3-11-20-14/h3,6,11,13H,1-2,4-5,7-10,12H2,(H,16,19). The molecule has 0 aromatic carbocycles. The van der Waals surface area contributed by atoms with Crippen molar-refractivity contribution in [3.8, 4) is 0 Å². The zero-order chi connectivity index (χ0) is 13.8. The quantitative estimate of drug-likeness (QED) is 0.920. The Kier molecular flexibility index (Phi) is 4.25. The van der Waals surface area contributed by atoms with E-state index in [1.54, 1.807) is 6.26 Å². The number of rotatable bonds is 3. The van der Waals surface area contributed by atoms with Gasteiger partial charge in [-0.1, -0.05) is 12.8 Å². The third-order valence-corrected chi connectivity index (χ3v) is 4.30. The Morgan fingerprint density at radius 2 is 2.00 bits per heavy atom. The van der Waals surface area contributed by atoms with Crippen LogP contribution in [-0.2, 0) is 6.54 Å². The molecule has 0 unspecified atom stereocenters. The minimum absolute atomic E-state index is 0.120. The molecule has 1 saturated heterocycles. The SMILES string of the molecule is O=C(NC1CCCC1)N1CCN(Cc2ccco2)CC1. The molecule has 2 amide bonds. The number of urea groups is 1. The van der Waals surface area contributed by atoms with Gasteiger partial charge in [-0.3, -0.25) is 4.90 Å². The highest BCUT2D eigenvalue weighted by Crippen LogP contribution is 2.18. The Balaban J connectivity index is 1.42. The summed E-state index contributed by atoms with van der Waals surface area (Å²) in [5.41, 5.74) is 0. The maximum atomic E-state index is 12.2. The molecule has 1 aliphatic carbocycles. The lowest BCUT2D eigenvalue weighted by Gasteiger charge is -2.34. The molecule has 1 aromatic rings. The van der Waals surface area contributed by atoms with E-state index in [0.29, 0.717) is 6.04 Å². The van der Waals surface area contributed by atoms with Gasteiger partial charge in [0.1, 0.15) is 5.76 Å². The van der Waals surface area contributed by atoms with E-state index in [0.717, 1.165) is 51.3 Å². The second kappa shape index (κ2) is 6.31. The number of amides is 2. The first-order valence-corrected chi connectivity index (χ1v) is 7.61. The van der Waals surface area contributed by atoms with Crippen LogP contribution in [0.25, 0.3) is 0 Å². The maximum absolute atomic E-state index is 12.2. The molecule has 0 spiro atoms. The molecular formula is C15H23N3O2. The maximum Gasteiger partial charge on any atom is 0.317 e. The van der Waals surface area contributed by atoms with Crippen molar-refractivity contribution >= 4 is 6.03 Å². The van der Waals surface area contributed by atoms with Crippen LogP contribution >= 0.6 is 0 Å². The molecule has 5 heteroatoms. The highest BCUT2D eigenvalue weighted by atomic mass is 16.3. The van der Waals surface area contributed by atoms with Crippen LogP contribution in [0.4, 0.5) is 4.79 Å². The first-order chi connectivity index (χ1) is 9.81. The van der Waals surface area contributed by atoms with Gasteiger partial charge in [-0.15, -0.1) is 0 Å². The summed E-state index contributed by atoms with van der Waals surface area (Å²) in [6.07, 6.45) is 6.50. The average Bonchev–Trinajstić information content (AvgIpc) is 3.13. The van der Waals surface area contributed by atoms with E-state index >= 15 is 0 Å². The molecule has 1 aliphatic heterocycles. The van der Waals surface area contributed by atoms with Crippen molar-refractivity contribution in [2.45, 2.75) is 38.3 Å². The van der Waals surface area contributed by atoms with E-state index in [4.69, 9.17) is 4.42 Å². The normalized spacial score (nSPS) is 21.3. The topological polar surface area (TPSA) is 48.7 Å². The summed E-state index contributed by atoms with van der Waals surface area (Å²) in [5, 5.41) is 3.16. The molecule has 20 heavy (non-hydrogen) atoms. The minimum Gasteiger partial charge on any atom is -0.468 e. The molecule has 1 aromatic heterocycles. The van der Waals surface area contributed by atoms with Crippen LogP contribution in [0.15, 0.2) is 22.8 Å². The molecule has 0 radical (unpaired) electrons. The third kappa shape index (κ3) is 3.33. The van der Waals surface area contributed by atoms with E-state index in [9.17, 15) is 4.79 Å². The van der Waals surface area contributed by atoms with Crippen LogP contribution in [0.5, 0.6) is 0 Å². The summed E-state index contributed by atoms with van der Waals surface area (Å²) in [5.74, 6) is 0.994. The Bertz CT molecular complexity index is 418. The molecule has 2 aliphatic rings. The number of hydrogen-bond acceptors (Lipinski definition) is 3. The van der Waals surface area contributed by atoms with Gasteiger partial charge in [-0.2, -0.15) is 0 Å². The molecule has 3 rings (SSSR count). The van der Waals surface area contributed by atoms with Gasteiger partial charge in [0, 0.05) is 32.2 Å². The molecular weight excluding hydrogens is 254 g/mol. The Labute approximate surface area is 119 Å². The molecule has 1 N–H and O–H groups in total. The number of carbonyl (C=O) groups is 1. The second-order valence-electron chi connectivity index (χ2n) is 5.77. The van der Waals surface area contributed by atoms with Crippen molar-refractivity contribution < 1.29 is 9.21 Å². The number of piperazine rings is 1. The molecule has 0 bridgehead atoms. The predicted octanol–water partition coefficient (Wildman–Crippen LogP) is 2.05. The van der Waals surface area contributed by atoms with Crippen molar-refractivity contribution in [3.63, 3.8) is 0 Å². The Morgan fingerprint density at radius 1 is 1.25 bits per heavy atom. The summed E-state index contributed by atoms with van der Waals surface area (Å²) < 4.78 is 5.36. The molecule has 1 saturated carbocycles. The molecule has 110 valence electrons. The van der Waals surface area contributed by atoms with Crippen LogP contribution < -0.4 is 5.32 Å². The predicted molar refractivity (Wildman–Crippen MR) is 76.3 cm³/mol. The van der Waals surface area contributed by atoms with Gasteiger partial charge in [-0.05, 0) is 25.0 Å². The van der Waals surface area contributed by atoms with Gasteiger partial charge < -0.3 is 14.6 Å². The smallest absolute Gasteiger partial charge is 0.317 e. The summed E-state index contributed by atoms with van der Waals surface area (Å²) >= 11 is 0. The Hall–Kier alpha value is -1.49. The van der Waals surface area contributed by atoms with Gasteiger partial charge in [0.2, 0.25) is 0 Å². The van der Waals surface area contributed by atoms with Crippen LogP contribution in [0.2, 0.25) is 0 Å². The second-order valence-corrected chi connectivity index (χ2v) is 5.77. The average molecular weight is 277 g/mol. The van der Waals surface area contributed by atoms with Crippen molar-refractivity contribution in [3.05, 3.63) is 24.2 Å². The van der Waals surface area contributed by atoms with Crippen LogP contribution in [-0.4, -0.2) is 48.1 Å². The third-order valence-electron chi connectivity index (χ3n) is 4.30. The van der Waals surface area contributed by atoms with E-state index < -0.39 is 0 Å². The van der Waals surface area contributed by atoms with Crippen molar-refractivity contribution in [1.82, 2.24) is 15.1 Å². The lowest BCUT2D eigenvalue weighted by molar-refractivity contribution is 0.128. The van der Waals surface area contributed by atoms with E-state index in [2.05, 4.69) is 10.2 Å². The number of nitrogens with one attached hydrogen (secondary N) is 1. The first kappa shape index (κ1) is 13.5. The van der Waals surface area contributed by atoms with Crippen LogP contribution in [0, 0.1) is 0 Å². The fourth-order valence-corrected chi connectivity index (χ4v) is 3.07. The molecule has 2 heterocycles. The number of nitrogens with zero attached hydrogens (tertiary/aromatic N) is 2. The summed E-state index contributed by atoms with van der Waals surface area (Å²) in [6.45, 7) is 4.28. The van der Waals surface area contributed by atoms with Crippen molar-refractivity contribution in [2.75, 3.05) is 26.2 Å². The Morgan fingerprint density at radius 3 is 2.65 bits per heavy atom. The van der Waals surface area contributed by atoms with Crippen LogP contribution in [0.3, 0.4) is 0 Å². The zero-order valence-corrected chi connectivity index (χ0v) is 11.9. The number of hydrogen-bond donors (Lipinski definition) is 1. The van der Waals surface area contributed by atoms with Gasteiger partial charge in [-0.25, -0.2) is 4.79 Å². The summed E-state index contributed by atoms with van der Waals surface area (Å²) in [6, 6.07) is 4.44. The van der Waals surface area contributed by atoms with Gasteiger partial charge in [0.25, 0.3) is 0 Å². The van der Waals surface area contributed by atoms with Crippen molar-refractivity contribution in [1.29, 1.82) is 0 Å². The number of furan rings is 1. The van der Waals surface area contributed by atoms with Gasteiger partial charge in [0.05, 0.1) is 12.8 Å². The molecule has 2 fully saturated rings. The summed E-state index contributed by atoms with van der Waals surface area (Å²) in [4.78, 5) is 16.4. The zero-order valence-electron chi connectivity index (χ0n) is 11.9. The lowest BCUT2D eigenvalue weighted by Crippen LogP contribution is -2.52. The molecule has 5 nitrogen and oxygen atoms in total. The lowest BCUT2D eigenvalue weighted by atomic mass is 10.2. The first-order valence-electron chi connectivity index (χ1n) is 7.61. The van der Waals surface area contributed by atoms with E-state index in [1.165, 1.54) is 12.8 Å². The minimum atomic E-state index is 0.120. The largest absolute Gasteiger partial charge is 0.468 e. The number of carbonyl (C=O) groups excluding carboxylic acids is 1. The fraction of sp³-hybridized carbons (Fsp3) is 0.667. The summed E-state index contributed by atoms with van der Waals surface area (Å²) in [7, 11) is 0.